The lowest BCUT2D eigenvalue weighted by molar-refractivity contribution is 0.766. The molecule has 0 saturated heterocycles. The zero-order chi connectivity index (χ0) is 43.1. The maximum absolute atomic E-state index is 5.20. The molecule has 0 atom stereocenters. The third kappa shape index (κ3) is 7.13. The van der Waals surface area contributed by atoms with Crippen LogP contribution in [0.5, 0.6) is 0 Å². The highest BCUT2D eigenvalue weighted by molar-refractivity contribution is 6.19. The maximum atomic E-state index is 5.20. The third-order valence-electron chi connectivity index (χ3n) is 11.6. The number of rotatable bonds is 8. The van der Waals surface area contributed by atoms with Gasteiger partial charge in [0.25, 0.3) is 0 Å². The lowest BCUT2D eigenvalue weighted by Crippen LogP contribution is -2.06. The van der Waals surface area contributed by atoms with Crippen LogP contribution in [0, 0.1) is 0 Å². The zero-order valence-electron chi connectivity index (χ0n) is 34.7. The molecule has 0 spiro atoms. The Kier molecular flexibility index (Phi) is 9.27. The van der Waals surface area contributed by atoms with E-state index in [0.29, 0.717) is 34.9 Å². The minimum Gasteiger partial charge on any atom is -0.208 e. The molecule has 9 aromatic carbocycles. The molecule has 0 fully saturated rings. The summed E-state index contributed by atoms with van der Waals surface area (Å²) in [6, 6.07) is 71.7. The quantitative estimate of drug-likeness (QED) is 0.139. The first-order chi connectivity index (χ1) is 32.2. The molecule has 0 N–H and O–H groups in total. The van der Waals surface area contributed by atoms with Crippen LogP contribution in [-0.4, -0.2) is 44.9 Å². The van der Waals surface area contributed by atoms with E-state index in [1.807, 2.05) is 140 Å². The smallest absolute Gasteiger partial charge is 0.202 e. The molecule has 0 saturated carbocycles. The van der Waals surface area contributed by atoms with Crippen molar-refractivity contribution in [1.29, 1.82) is 0 Å². The first-order valence-electron chi connectivity index (χ1n) is 21.4. The number of nitrogens with zero attached hydrogens (tertiary/aromatic N) is 9. The summed E-state index contributed by atoms with van der Waals surface area (Å²) in [7, 11) is 0. The normalized spacial score (nSPS) is 11.4. The Morgan fingerprint density at radius 2 is 0.723 bits per heavy atom. The van der Waals surface area contributed by atoms with Crippen molar-refractivity contribution in [2.24, 2.45) is 0 Å². The summed E-state index contributed by atoms with van der Waals surface area (Å²) in [6.45, 7) is 0. The van der Waals surface area contributed by atoms with Crippen LogP contribution in [0.2, 0.25) is 0 Å². The second-order valence-electron chi connectivity index (χ2n) is 15.7. The lowest BCUT2D eigenvalue weighted by Gasteiger charge is -2.13. The highest BCUT2D eigenvalue weighted by Crippen LogP contribution is 2.38. The van der Waals surface area contributed by atoms with E-state index in [1.165, 1.54) is 0 Å². The van der Waals surface area contributed by atoms with Crippen molar-refractivity contribution in [1.82, 2.24) is 44.9 Å². The minimum atomic E-state index is 0.332. The van der Waals surface area contributed by atoms with Gasteiger partial charge in [-0.25, -0.2) is 29.9 Å². The standard InChI is InChI=1S/C56H35N9/c1-5-15-36(16-6-1)37-25-30-42(31-26-37)53-57-51(40-17-7-2-8-18-40)59-55(61-53)56-60-52(41-19-9-3-10-20-41)58-54(62-56)46-24-14-13-23-45(46)43-32-28-38-27-29-39-33-34-48-50(49(39)47(38)35-43)64-65(63-48)44-21-11-4-12-22-44/h1-35H. The fraction of sp³-hybridized carbons (Fsp3) is 0. The number of para-hydroxylation sites is 1. The summed E-state index contributed by atoms with van der Waals surface area (Å²) in [5, 5.41) is 14.2. The van der Waals surface area contributed by atoms with E-state index in [4.69, 9.17) is 40.1 Å². The van der Waals surface area contributed by atoms with E-state index < -0.39 is 0 Å². The molecule has 0 aliphatic heterocycles. The van der Waals surface area contributed by atoms with Gasteiger partial charge >= 0.3 is 0 Å². The monoisotopic (exact) mass is 833 g/mol. The maximum Gasteiger partial charge on any atom is 0.202 e. The third-order valence-corrected chi connectivity index (χ3v) is 11.6. The van der Waals surface area contributed by atoms with E-state index in [1.54, 1.807) is 4.80 Å². The van der Waals surface area contributed by atoms with Crippen LogP contribution >= 0.6 is 0 Å². The molecule has 65 heavy (non-hydrogen) atoms. The summed E-state index contributed by atoms with van der Waals surface area (Å²) in [5.74, 6) is 2.69. The number of aromatic nitrogens is 9. The number of fused-ring (bicyclic) bond motifs is 5. The molecule has 0 aliphatic carbocycles. The van der Waals surface area contributed by atoms with Crippen molar-refractivity contribution >= 4 is 32.6 Å². The predicted octanol–water partition coefficient (Wildman–Crippen LogP) is 12.8. The van der Waals surface area contributed by atoms with E-state index in [0.717, 1.165) is 82.8 Å². The van der Waals surface area contributed by atoms with Gasteiger partial charge in [0.05, 0.1) is 5.69 Å². The van der Waals surface area contributed by atoms with Crippen molar-refractivity contribution in [2.75, 3.05) is 0 Å². The summed E-state index contributed by atoms with van der Waals surface area (Å²) in [6.07, 6.45) is 0. The van der Waals surface area contributed by atoms with Crippen molar-refractivity contribution in [3.63, 3.8) is 0 Å². The molecule has 9 nitrogen and oxygen atoms in total. The van der Waals surface area contributed by atoms with Crippen molar-refractivity contribution in [2.45, 2.75) is 0 Å². The van der Waals surface area contributed by atoms with Crippen LogP contribution < -0.4 is 0 Å². The zero-order valence-corrected chi connectivity index (χ0v) is 34.7. The Morgan fingerprint density at radius 1 is 0.292 bits per heavy atom. The highest BCUT2D eigenvalue weighted by atomic mass is 15.5. The van der Waals surface area contributed by atoms with Gasteiger partial charge in [0.15, 0.2) is 23.3 Å². The Morgan fingerprint density at radius 3 is 1.37 bits per heavy atom. The summed E-state index contributed by atoms with van der Waals surface area (Å²) in [4.78, 5) is 32.2. The SMILES string of the molecule is c1ccc(-c2ccc(-c3nc(-c4ccccc4)nc(-c4nc(-c5ccccc5)nc(-c5ccccc5-c5ccc6ccc7ccc8nn(-c9ccccc9)nc8c7c6c5)n4)n3)cc2)cc1. The van der Waals surface area contributed by atoms with Gasteiger partial charge in [-0.3, -0.25) is 0 Å². The van der Waals surface area contributed by atoms with E-state index in [2.05, 4.69) is 72.8 Å². The molecule has 304 valence electrons. The number of benzene rings is 9. The van der Waals surface area contributed by atoms with Gasteiger partial charge in [-0.05, 0) is 62.7 Å². The summed E-state index contributed by atoms with van der Waals surface area (Å²) >= 11 is 0. The summed E-state index contributed by atoms with van der Waals surface area (Å²) in [5.41, 5.74) is 10.1. The Bertz CT molecular complexity index is 3690. The van der Waals surface area contributed by atoms with Gasteiger partial charge in [0.2, 0.25) is 11.6 Å². The topological polar surface area (TPSA) is 108 Å². The van der Waals surface area contributed by atoms with Gasteiger partial charge < -0.3 is 0 Å². The molecule has 12 aromatic rings. The molecule has 0 unspecified atom stereocenters. The first kappa shape index (κ1) is 37.7. The molecule has 0 amide bonds. The van der Waals surface area contributed by atoms with E-state index >= 15 is 0 Å². The molecule has 0 bridgehead atoms. The van der Waals surface area contributed by atoms with Crippen molar-refractivity contribution < 1.29 is 0 Å². The van der Waals surface area contributed by atoms with Gasteiger partial charge in [0, 0.05) is 27.6 Å². The first-order valence-corrected chi connectivity index (χ1v) is 21.4. The molecular weight excluding hydrogens is 799 g/mol. The van der Waals surface area contributed by atoms with Crippen LogP contribution in [0.15, 0.2) is 212 Å². The van der Waals surface area contributed by atoms with E-state index in [9.17, 15) is 0 Å². The number of hydrogen-bond acceptors (Lipinski definition) is 8. The van der Waals surface area contributed by atoms with Crippen LogP contribution in [0.25, 0.3) is 118 Å². The Labute approximate surface area is 373 Å². The molecule has 0 aliphatic rings. The Balaban J connectivity index is 1.02. The van der Waals surface area contributed by atoms with Crippen LogP contribution in [0.4, 0.5) is 0 Å². The fourth-order valence-corrected chi connectivity index (χ4v) is 8.37. The average Bonchev–Trinajstić information content (AvgIpc) is 3.84. The molecule has 3 heterocycles. The van der Waals surface area contributed by atoms with Crippen LogP contribution in [0.1, 0.15) is 0 Å². The molecule has 0 radical (unpaired) electrons. The van der Waals surface area contributed by atoms with Crippen LogP contribution in [-0.2, 0) is 0 Å². The largest absolute Gasteiger partial charge is 0.208 e. The molecule has 3 aromatic heterocycles. The van der Waals surface area contributed by atoms with E-state index in [-0.39, 0.29) is 0 Å². The second kappa shape index (κ2) is 16.0. The highest BCUT2D eigenvalue weighted by Gasteiger charge is 2.20. The van der Waals surface area contributed by atoms with Crippen molar-refractivity contribution in [3.05, 3.63) is 212 Å². The molecular formula is C56H35N9. The second-order valence-corrected chi connectivity index (χ2v) is 15.7. The Hall–Kier alpha value is -9.08. The van der Waals surface area contributed by atoms with Crippen LogP contribution in [0.3, 0.4) is 0 Å². The average molecular weight is 834 g/mol. The minimum absolute atomic E-state index is 0.332. The molecule has 12 rings (SSSR count). The van der Waals surface area contributed by atoms with Gasteiger partial charge in [-0.2, -0.15) is 4.80 Å². The van der Waals surface area contributed by atoms with Crippen molar-refractivity contribution in [3.8, 4) is 85.1 Å². The summed E-state index contributed by atoms with van der Waals surface area (Å²) < 4.78 is 0. The fourth-order valence-electron chi connectivity index (χ4n) is 8.37. The lowest BCUT2D eigenvalue weighted by atomic mass is 9.94. The van der Waals surface area contributed by atoms with Gasteiger partial charge in [0.1, 0.15) is 11.0 Å². The number of hydrogen-bond donors (Lipinski definition) is 0. The predicted molar refractivity (Wildman–Crippen MR) is 259 cm³/mol. The molecule has 9 heteroatoms. The van der Waals surface area contributed by atoms with Gasteiger partial charge in [-0.1, -0.05) is 188 Å². The van der Waals surface area contributed by atoms with Gasteiger partial charge in [-0.15, -0.1) is 10.2 Å².